The lowest BCUT2D eigenvalue weighted by molar-refractivity contribution is 0.355. The molecule has 2 N–H and O–H groups in total. The predicted octanol–water partition coefficient (Wildman–Crippen LogP) is 2.35. The van der Waals surface area contributed by atoms with E-state index in [9.17, 15) is 0 Å². The number of nitrogens with two attached hydrogens (primary N) is 1. The summed E-state index contributed by atoms with van der Waals surface area (Å²) in [5, 5.41) is 0. The molecule has 0 bridgehead atoms. The summed E-state index contributed by atoms with van der Waals surface area (Å²) >= 11 is 0. The van der Waals surface area contributed by atoms with Crippen LogP contribution in [0.4, 0.5) is 0 Å². The first-order valence-corrected chi connectivity index (χ1v) is 7.06. The summed E-state index contributed by atoms with van der Waals surface area (Å²) in [7, 11) is 3.29. The van der Waals surface area contributed by atoms with Gasteiger partial charge in [0.1, 0.15) is 5.82 Å². The minimum atomic E-state index is 0.683. The molecule has 0 saturated heterocycles. The van der Waals surface area contributed by atoms with E-state index < -0.39 is 0 Å². The van der Waals surface area contributed by atoms with Gasteiger partial charge in [-0.3, -0.25) is 0 Å². The van der Waals surface area contributed by atoms with Crippen LogP contribution in [0.25, 0.3) is 11.0 Å². The number of nitrogens with zero attached hydrogens (tertiary/aromatic N) is 2. The van der Waals surface area contributed by atoms with E-state index in [1.54, 1.807) is 14.2 Å². The monoisotopic (exact) mass is 277 g/mol. The largest absolute Gasteiger partial charge is 0.493 e. The molecule has 0 aliphatic heterocycles. The van der Waals surface area contributed by atoms with Crippen molar-refractivity contribution in [2.24, 2.45) is 5.73 Å². The van der Waals surface area contributed by atoms with Crippen LogP contribution in [0.15, 0.2) is 12.1 Å². The van der Waals surface area contributed by atoms with Crippen molar-refractivity contribution in [3.8, 4) is 11.5 Å². The number of methoxy groups -OCH3 is 2. The minimum absolute atomic E-state index is 0.683. The smallest absolute Gasteiger partial charge is 0.163 e. The second-order valence-corrected chi connectivity index (χ2v) is 4.77. The fourth-order valence-corrected chi connectivity index (χ4v) is 2.43. The Labute approximate surface area is 119 Å². The summed E-state index contributed by atoms with van der Waals surface area (Å²) in [5.74, 6) is 2.54. The molecule has 0 atom stereocenters. The van der Waals surface area contributed by atoms with Crippen molar-refractivity contribution in [1.29, 1.82) is 0 Å². The second kappa shape index (κ2) is 6.61. The molecule has 0 aliphatic carbocycles. The van der Waals surface area contributed by atoms with Gasteiger partial charge in [0.2, 0.25) is 0 Å². The predicted molar refractivity (Wildman–Crippen MR) is 80.5 cm³/mol. The summed E-state index contributed by atoms with van der Waals surface area (Å²) in [6.45, 7) is 3.80. The molecule has 110 valence electrons. The average Bonchev–Trinajstić information content (AvgIpc) is 2.81. The molecule has 0 unspecified atom stereocenters. The Bertz CT molecular complexity index is 578. The zero-order valence-electron chi connectivity index (χ0n) is 12.5. The number of hydrogen-bond acceptors (Lipinski definition) is 4. The molecule has 0 radical (unpaired) electrons. The number of imidazole rings is 1. The topological polar surface area (TPSA) is 62.3 Å². The van der Waals surface area contributed by atoms with Crippen LogP contribution < -0.4 is 15.2 Å². The number of rotatable bonds is 7. The first-order valence-electron chi connectivity index (χ1n) is 7.06. The normalized spacial score (nSPS) is 11.0. The van der Waals surface area contributed by atoms with Crippen molar-refractivity contribution < 1.29 is 9.47 Å². The van der Waals surface area contributed by atoms with Crippen LogP contribution in [0.5, 0.6) is 11.5 Å². The highest BCUT2D eigenvalue weighted by Crippen LogP contribution is 2.32. The van der Waals surface area contributed by atoms with Gasteiger partial charge in [0.15, 0.2) is 11.5 Å². The summed E-state index contributed by atoms with van der Waals surface area (Å²) in [5.41, 5.74) is 7.65. The third-order valence-corrected chi connectivity index (χ3v) is 3.38. The lowest BCUT2D eigenvalue weighted by atomic mass is 10.2. The molecule has 1 heterocycles. The number of fused-ring (bicyclic) bond motifs is 1. The Hall–Kier alpha value is -1.75. The van der Waals surface area contributed by atoms with E-state index >= 15 is 0 Å². The quantitative estimate of drug-likeness (QED) is 0.844. The van der Waals surface area contributed by atoms with Crippen molar-refractivity contribution in [2.75, 3.05) is 20.8 Å². The number of aryl methyl sites for hydroxylation is 2. The Morgan fingerprint density at radius 1 is 1.20 bits per heavy atom. The lowest BCUT2D eigenvalue weighted by Gasteiger charge is -2.10. The molecule has 0 fully saturated rings. The number of ether oxygens (including phenoxy) is 2. The molecule has 5 heteroatoms. The molecule has 1 aromatic carbocycles. The zero-order valence-corrected chi connectivity index (χ0v) is 12.5. The molecule has 0 amide bonds. The number of benzene rings is 1. The van der Waals surface area contributed by atoms with Gasteiger partial charge in [-0.25, -0.2) is 4.98 Å². The Morgan fingerprint density at radius 3 is 2.50 bits per heavy atom. The fourth-order valence-electron chi connectivity index (χ4n) is 2.43. The molecule has 0 saturated carbocycles. The van der Waals surface area contributed by atoms with E-state index in [1.165, 1.54) is 0 Å². The molecule has 2 aromatic rings. The highest BCUT2D eigenvalue weighted by Gasteiger charge is 2.14. The maximum absolute atomic E-state index is 5.61. The molecule has 0 spiro atoms. The van der Waals surface area contributed by atoms with Gasteiger partial charge in [-0.1, -0.05) is 6.92 Å². The minimum Gasteiger partial charge on any atom is -0.493 e. The standard InChI is InChI=1S/C15H23N3O2/c1-4-8-18-12-10-14(20-3)13(19-2)9-11(12)17-15(18)6-5-7-16/h9-10H,4-8,16H2,1-3H3. The summed E-state index contributed by atoms with van der Waals surface area (Å²) in [6.07, 6.45) is 2.91. The summed E-state index contributed by atoms with van der Waals surface area (Å²) < 4.78 is 13.0. The first-order chi connectivity index (χ1) is 9.74. The van der Waals surface area contributed by atoms with Crippen molar-refractivity contribution >= 4 is 11.0 Å². The van der Waals surface area contributed by atoms with Gasteiger partial charge in [0.05, 0.1) is 25.3 Å². The van der Waals surface area contributed by atoms with E-state index in [0.29, 0.717) is 12.3 Å². The van der Waals surface area contributed by atoms with Crippen LogP contribution in [0.2, 0.25) is 0 Å². The van der Waals surface area contributed by atoms with Gasteiger partial charge in [-0.15, -0.1) is 0 Å². The third-order valence-electron chi connectivity index (χ3n) is 3.38. The average molecular weight is 277 g/mol. The van der Waals surface area contributed by atoms with E-state index in [1.807, 2.05) is 12.1 Å². The van der Waals surface area contributed by atoms with Gasteiger partial charge in [0, 0.05) is 25.1 Å². The van der Waals surface area contributed by atoms with Gasteiger partial charge >= 0.3 is 0 Å². The van der Waals surface area contributed by atoms with Crippen LogP contribution in [-0.4, -0.2) is 30.3 Å². The fraction of sp³-hybridized carbons (Fsp3) is 0.533. The molecular formula is C15H23N3O2. The van der Waals surface area contributed by atoms with E-state index in [0.717, 1.165) is 48.4 Å². The van der Waals surface area contributed by atoms with Crippen LogP contribution in [-0.2, 0) is 13.0 Å². The molecule has 20 heavy (non-hydrogen) atoms. The highest BCUT2D eigenvalue weighted by molar-refractivity contribution is 5.80. The molecular weight excluding hydrogens is 254 g/mol. The van der Waals surface area contributed by atoms with E-state index in [2.05, 4.69) is 11.5 Å². The lowest BCUT2D eigenvalue weighted by Crippen LogP contribution is -2.07. The van der Waals surface area contributed by atoms with Crippen molar-refractivity contribution in [3.05, 3.63) is 18.0 Å². The van der Waals surface area contributed by atoms with Gasteiger partial charge < -0.3 is 19.8 Å². The molecule has 5 nitrogen and oxygen atoms in total. The Morgan fingerprint density at radius 2 is 1.90 bits per heavy atom. The third kappa shape index (κ3) is 2.72. The van der Waals surface area contributed by atoms with Gasteiger partial charge in [-0.2, -0.15) is 0 Å². The second-order valence-electron chi connectivity index (χ2n) is 4.77. The maximum atomic E-state index is 5.61. The summed E-state index contributed by atoms with van der Waals surface area (Å²) in [4.78, 5) is 4.72. The molecule has 0 aliphatic rings. The SMILES string of the molecule is CCCn1c(CCCN)nc2cc(OC)c(OC)cc21. The van der Waals surface area contributed by atoms with E-state index in [4.69, 9.17) is 20.2 Å². The van der Waals surface area contributed by atoms with Gasteiger partial charge in [-0.05, 0) is 19.4 Å². The van der Waals surface area contributed by atoms with Crippen molar-refractivity contribution in [3.63, 3.8) is 0 Å². The first kappa shape index (κ1) is 14.7. The van der Waals surface area contributed by atoms with Crippen LogP contribution in [0, 0.1) is 0 Å². The van der Waals surface area contributed by atoms with Gasteiger partial charge in [0.25, 0.3) is 0 Å². The van der Waals surface area contributed by atoms with Crippen molar-refractivity contribution in [1.82, 2.24) is 9.55 Å². The molecule has 1 aromatic heterocycles. The van der Waals surface area contributed by atoms with Crippen molar-refractivity contribution in [2.45, 2.75) is 32.7 Å². The summed E-state index contributed by atoms with van der Waals surface area (Å²) in [6, 6.07) is 3.94. The molecule has 2 rings (SSSR count). The maximum Gasteiger partial charge on any atom is 0.163 e. The Balaban J connectivity index is 2.54. The highest BCUT2D eigenvalue weighted by atomic mass is 16.5. The van der Waals surface area contributed by atoms with Crippen LogP contribution in [0.1, 0.15) is 25.6 Å². The number of aromatic nitrogens is 2. The van der Waals surface area contributed by atoms with Crippen LogP contribution in [0.3, 0.4) is 0 Å². The number of hydrogen-bond donors (Lipinski definition) is 1. The Kier molecular flexibility index (Phi) is 4.84. The van der Waals surface area contributed by atoms with E-state index in [-0.39, 0.29) is 0 Å². The zero-order chi connectivity index (χ0) is 14.5. The van der Waals surface area contributed by atoms with Crippen LogP contribution >= 0.6 is 0 Å².